The highest BCUT2D eigenvalue weighted by Gasteiger charge is 2.35. The van der Waals surface area contributed by atoms with Crippen molar-refractivity contribution in [3.63, 3.8) is 0 Å². The Labute approximate surface area is 145 Å². The summed E-state index contributed by atoms with van der Waals surface area (Å²) in [6, 6.07) is 11.2. The van der Waals surface area contributed by atoms with Gasteiger partial charge >= 0.3 is 0 Å². The molecular formula is C16H18ClNO3S2. The first-order valence-electron chi connectivity index (χ1n) is 7.34. The fourth-order valence-electron chi connectivity index (χ4n) is 2.64. The zero-order valence-corrected chi connectivity index (χ0v) is 15.3. The van der Waals surface area contributed by atoms with E-state index in [0.29, 0.717) is 17.4 Å². The van der Waals surface area contributed by atoms with E-state index < -0.39 is 10.0 Å². The number of nitrogens with zero attached hydrogens (tertiary/aromatic N) is 1. The highest BCUT2D eigenvalue weighted by molar-refractivity contribution is 7.91. The molecule has 0 N–H and O–H groups in total. The lowest BCUT2D eigenvalue weighted by atomic mass is 10.1. The van der Waals surface area contributed by atoms with Gasteiger partial charge in [0, 0.05) is 13.1 Å². The molecule has 0 bridgehead atoms. The van der Waals surface area contributed by atoms with Crippen LogP contribution in [-0.4, -0.2) is 31.9 Å². The number of sulfonamides is 1. The fourth-order valence-corrected chi connectivity index (χ4v) is 5.79. The number of aryl methyl sites for hydroxylation is 1. The summed E-state index contributed by atoms with van der Waals surface area (Å²) in [5, 5.41) is 0. The molecule has 1 aromatic carbocycles. The van der Waals surface area contributed by atoms with E-state index in [1.807, 2.05) is 38.1 Å². The van der Waals surface area contributed by atoms with Crippen molar-refractivity contribution in [3.05, 3.63) is 51.9 Å². The number of hydrogen-bond donors (Lipinski definition) is 0. The minimum absolute atomic E-state index is 0.166. The third-order valence-corrected chi connectivity index (χ3v) is 7.35. The van der Waals surface area contributed by atoms with Crippen LogP contribution in [0.25, 0.3) is 0 Å². The Bertz CT molecular complexity index is 786. The number of thiophene rings is 1. The van der Waals surface area contributed by atoms with E-state index in [4.69, 9.17) is 16.3 Å². The van der Waals surface area contributed by atoms with Crippen LogP contribution in [0.2, 0.25) is 4.34 Å². The van der Waals surface area contributed by atoms with Crippen LogP contribution < -0.4 is 0 Å². The lowest BCUT2D eigenvalue weighted by molar-refractivity contribution is -0.0556. The van der Waals surface area contributed by atoms with Crippen LogP contribution in [0.5, 0.6) is 0 Å². The third-order valence-electron chi connectivity index (χ3n) is 3.82. The van der Waals surface area contributed by atoms with Gasteiger partial charge in [0.2, 0.25) is 0 Å². The molecule has 3 rings (SSSR count). The summed E-state index contributed by atoms with van der Waals surface area (Å²) in [5.74, 6) is 0. The molecule has 1 aromatic heterocycles. The first-order chi connectivity index (χ1) is 10.9. The van der Waals surface area contributed by atoms with Crippen molar-refractivity contribution in [2.75, 3.05) is 13.1 Å². The van der Waals surface area contributed by atoms with Gasteiger partial charge in [-0.2, -0.15) is 4.31 Å². The molecule has 0 radical (unpaired) electrons. The summed E-state index contributed by atoms with van der Waals surface area (Å²) in [6.07, 6.45) is -0.426. The van der Waals surface area contributed by atoms with Gasteiger partial charge in [-0.1, -0.05) is 41.4 Å². The smallest absolute Gasteiger partial charge is 0.252 e. The molecule has 2 aromatic rings. The Hall–Kier alpha value is -0.920. The lowest BCUT2D eigenvalue weighted by Crippen LogP contribution is -2.45. The summed E-state index contributed by atoms with van der Waals surface area (Å²) in [4.78, 5) is 0. The van der Waals surface area contributed by atoms with E-state index in [-0.39, 0.29) is 16.4 Å². The Morgan fingerprint density at radius 2 is 1.87 bits per heavy atom. The average Bonchev–Trinajstić information content (AvgIpc) is 2.95. The van der Waals surface area contributed by atoms with Crippen molar-refractivity contribution in [1.29, 1.82) is 0 Å². The number of ether oxygens (including phenoxy) is 1. The van der Waals surface area contributed by atoms with E-state index >= 15 is 0 Å². The standard InChI is InChI=1S/C16H18ClNO3S2/c1-11-3-5-13(6-4-11)14-10-18(9-12(2)21-14)23(19,20)16-8-7-15(17)22-16/h3-8,12,14H,9-10H2,1-2H3. The summed E-state index contributed by atoms with van der Waals surface area (Å²) in [7, 11) is -3.54. The quantitative estimate of drug-likeness (QED) is 0.823. The molecule has 2 unspecified atom stereocenters. The highest BCUT2D eigenvalue weighted by atomic mass is 35.5. The van der Waals surface area contributed by atoms with Crippen LogP contribution >= 0.6 is 22.9 Å². The number of halogens is 1. The average molecular weight is 372 g/mol. The van der Waals surface area contributed by atoms with Crippen molar-refractivity contribution in [3.8, 4) is 0 Å². The predicted octanol–water partition coefficient (Wildman–Crippen LogP) is 3.86. The first-order valence-corrected chi connectivity index (χ1v) is 9.97. The maximum Gasteiger partial charge on any atom is 0.252 e. The summed E-state index contributed by atoms with van der Waals surface area (Å²) in [5.41, 5.74) is 2.15. The van der Waals surface area contributed by atoms with E-state index in [0.717, 1.165) is 22.5 Å². The van der Waals surface area contributed by atoms with Crippen molar-refractivity contribution >= 4 is 33.0 Å². The Morgan fingerprint density at radius 3 is 2.48 bits per heavy atom. The normalized spacial score (nSPS) is 23.1. The van der Waals surface area contributed by atoms with Crippen molar-refractivity contribution in [2.24, 2.45) is 0 Å². The van der Waals surface area contributed by atoms with Crippen molar-refractivity contribution in [2.45, 2.75) is 30.3 Å². The van der Waals surface area contributed by atoms with Gasteiger partial charge in [-0.3, -0.25) is 0 Å². The molecule has 23 heavy (non-hydrogen) atoms. The van der Waals surface area contributed by atoms with E-state index in [1.165, 1.54) is 4.31 Å². The molecule has 7 heteroatoms. The molecule has 1 saturated heterocycles. The number of rotatable bonds is 3. The maximum absolute atomic E-state index is 12.8. The Morgan fingerprint density at radius 1 is 1.17 bits per heavy atom. The van der Waals surface area contributed by atoms with Crippen molar-refractivity contribution < 1.29 is 13.2 Å². The predicted molar refractivity (Wildman–Crippen MR) is 92.6 cm³/mol. The molecule has 4 nitrogen and oxygen atoms in total. The molecule has 1 aliphatic heterocycles. The largest absolute Gasteiger partial charge is 0.368 e. The second-order valence-electron chi connectivity index (χ2n) is 5.73. The van der Waals surface area contributed by atoms with Gasteiger partial charge in [-0.05, 0) is 31.5 Å². The lowest BCUT2D eigenvalue weighted by Gasteiger charge is -2.36. The van der Waals surface area contributed by atoms with Crippen LogP contribution in [0.3, 0.4) is 0 Å². The van der Waals surface area contributed by atoms with Gasteiger partial charge in [0.25, 0.3) is 10.0 Å². The molecular weight excluding hydrogens is 354 g/mol. The molecule has 2 atom stereocenters. The minimum atomic E-state index is -3.54. The zero-order valence-electron chi connectivity index (χ0n) is 12.9. The molecule has 1 fully saturated rings. The summed E-state index contributed by atoms with van der Waals surface area (Å²) >= 11 is 6.97. The van der Waals surface area contributed by atoms with Gasteiger partial charge in [0.15, 0.2) is 0 Å². The highest BCUT2D eigenvalue weighted by Crippen LogP contribution is 2.32. The molecule has 124 valence electrons. The fraction of sp³-hybridized carbons (Fsp3) is 0.375. The number of hydrogen-bond acceptors (Lipinski definition) is 4. The zero-order chi connectivity index (χ0) is 16.6. The SMILES string of the molecule is Cc1ccc(C2CN(S(=O)(=O)c3ccc(Cl)s3)CC(C)O2)cc1. The number of benzene rings is 1. The Balaban J connectivity index is 1.87. The summed E-state index contributed by atoms with van der Waals surface area (Å²) < 4.78 is 33.8. The van der Waals surface area contributed by atoms with Crippen LogP contribution in [-0.2, 0) is 14.8 Å². The van der Waals surface area contributed by atoms with Crippen LogP contribution in [0, 0.1) is 6.92 Å². The topological polar surface area (TPSA) is 46.6 Å². The third kappa shape index (κ3) is 3.61. The van der Waals surface area contributed by atoms with E-state index in [9.17, 15) is 8.42 Å². The first kappa shape index (κ1) is 16.9. The number of morpholine rings is 1. The molecule has 1 aliphatic rings. The second-order valence-corrected chi connectivity index (χ2v) is 9.61. The van der Waals surface area contributed by atoms with Gasteiger partial charge in [-0.15, -0.1) is 11.3 Å². The van der Waals surface area contributed by atoms with E-state index in [1.54, 1.807) is 12.1 Å². The Kier molecular flexibility index (Phi) is 4.80. The molecule has 0 amide bonds. The molecule has 0 spiro atoms. The van der Waals surface area contributed by atoms with Gasteiger partial charge in [0.05, 0.1) is 16.5 Å². The van der Waals surface area contributed by atoms with E-state index in [2.05, 4.69) is 0 Å². The van der Waals surface area contributed by atoms with Gasteiger partial charge in [-0.25, -0.2) is 8.42 Å². The van der Waals surface area contributed by atoms with Crippen LogP contribution in [0.4, 0.5) is 0 Å². The minimum Gasteiger partial charge on any atom is -0.368 e. The van der Waals surface area contributed by atoms with Crippen molar-refractivity contribution in [1.82, 2.24) is 4.31 Å². The van der Waals surface area contributed by atoms with Crippen LogP contribution in [0.15, 0.2) is 40.6 Å². The van der Waals surface area contributed by atoms with Crippen LogP contribution in [0.1, 0.15) is 24.2 Å². The molecule has 0 aliphatic carbocycles. The summed E-state index contributed by atoms with van der Waals surface area (Å²) in [6.45, 7) is 4.57. The maximum atomic E-state index is 12.8. The van der Waals surface area contributed by atoms with Gasteiger partial charge < -0.3 is 4.74 Å². The second kappa shape index (κ2) is 6.53. The molecule has 0 saturated carbocycles. The van der Waals surface area contributed by atoms with Gasteiger partial charge in [0.1, 0.15) is 4.21 Å². The monoisotopic (exact) mass is 371 g/mol. The molecule has 2 heterocycles.